The molecule has 2 aromatic carbocycles. The van der Waals surface area contributed by atoms with Gasteiger partial charge in [0, 0.05) is 24.5 Å². The van der Waals surface area contributed by atoms with Crippen molar-refractivity contribution in [3.8, 4) is 16.9 Å². The van der Waals surface area contributed by atoms with Gasteiger partial charge in [-0.15, -0.1) is 11.6 Å². The molecule has 0 atom stereocenters. The van der Waals surface area contributed by atoms with Crippen LogP contribution in [0.2, 0.25) is 0 Å². The monoisotopic (exact) mass is 345 g/mol. The SMILES string of the molecule is CCCCCN(CCCl)CCOc1ccccc1-c1ccccc1. The van der Waals surface area contributed by atoms with E-state index in [4.69, 9.17) is 16.3 Å². The standard InChI is InChI=1S/C21H28ClNO/c1-2-3-9-15-23(16-14-22)17-18-24-21-13-8-7-12-20(21)19-10-5-4-6-11-19/h4-8,10-13H,2-3,9,14-18H2,1H3. The van der Waals surface area contributed by atoms with Crippen molar-refractivity contribution in [1.82, 2.24) is 4.90 Å². The first kappa shape index (κ1) is 18.8. The summed E-state index contributed by atoms with van der Waals surface area (Å²) < 4.78 is 6.09. The molecule has 24 heavy (non-hydrogen) atoms. The molecular formula is C21H28ClNO. The molecule has 0 aliphatic rings. The van der Waals surface area contributed by atoms with Gasteiger partial charge in [0.1, 0.15) is 12.4 Å². The second kappa shape index (κ2) is 11.1. The van der Waals surface area contributed by atoms with Gasteiger partial charge in [0.15, 0.2) is 0 Å². The summed E-state index contributed by atoms with van der Waals surface area (Å²) in [7, 11) is 0. The number of ether oxygens (including phenoxy) is 1. The summed E-state index contributed by atoms with van der Waals surface area (Å²) in [5.74, 6) is 1.62. The number of unbranched alkanes of at least 4 members (excludes halogenated alkanes) is 2. The van der Waals surface area contributed by atoms with E-state index in [1.807, 2.05) is 18.2 Å². The topological polar surface area (TPSA) is 12.5 Å². The summed E-state index contributed by atoms with van der Waals surface area (Å²) in [5, 5.41) is 0. The Kier molecular flexibility index (Phi) is 8.72. The smallest absolute Gasteiger partial charge is 0.127 e. The maximum absolute atomic E-state index is 6.09. The van der Waals surface area contributed by atoms with Crippen LogP contribution in [0.3, 0.4) is 0 Å². The van der Waals surface area contributed by atoms with Crippen molar-refractivity contribution in [3.63, 3.8) is 0 Å². The van der Waals surface area contributed by atoms with Crippen molar-refractivity contribution in [2.24, 2.45) is 0 Å². The second-order valence-electron chi connectivity index (χ2n) is 5.95. The number of rotatable bonds is 11. The van der Waals surface area contributed by atoms with Crippen LogP contribution in [-0.4, -0.2) is 37.0 Å². The van der Waals surface area contributed by atoms with Gasteiger partial charge in [0.05, 0.1) is 0 Å². The lowest BCUT2D eigenvalue weighted by atomic mass is 10.1. The Balaban J connectivity index is 1.91. The van der Waals surface area contributed by atoms with E-state index in [-0.39, 0.29) is 0 Å². The van der Waals surface area contributed by atoms with Gasteiger partial charge >= 0.3 is 0 Å². The van der Waals surface area contributed by atoms with E-state index in [2.05, 4.69) is 48.2 Å². The fraction of sp³-hybridized carbons (Fsp3) is 0.429. The Morgan fingerprint density at radius 2 is 1.62 bits per heavy atom. The van der Waals surface area contributed by atoms with Gasteiger partial charge in [0.25, 0.3) is 0 Å². The fourth-order valence-electron chi connectivity index (χ4n) is 2.77. The molecular weight excluding hydrogens is 318 g/mol. The molecule has 0 saturated heterocycles. The molecule has 0 unspecified atom stereocenters. The predicted molar refractivity (Wildman–Crippen MR) is 104 cm³/mol. The molecule has 0 radical (unpaired) electrons. The van der Waals surface area contributed by atoms with Crippen LogP contribution in [0.4, 0.5) is 0 Å². The first-order valence-electron chi connectivity index (χ1n) is 8.90. The fourth-order valence-corrected chi connectivity index (χ4v) is 3.01. The van der Waals surface area contributed by atoms with Gasteiger partial charge in [-0.25, -0.2) is 0 Å². The first-order chi connectivity index (χ1) is 11.8. The van der Waals surface area contributed by atoms with Crippen LogP contribution in [0.5, 0.6) is 5.75 Å². The minimum Gasteiger partial charge on any atom is -0.492 e. The zero-order valence-electron chi connectivity index (χ0n) is 14.6. The number of halogens is 1. The van der Waals surface area contributed by atoms with E-state index in [1.54, 1.807) is 0 Å². The molecule has 2 nitrogen and oxygen atoms in total. The van der Waals surface area contributed by atoms with Crippen molar-refractivity contribution >= 4 is 11.6 Å². The molecule has 0 N–H and O–H groups in total. The molecule has 0 amide bonds. The third-order valence-electron chi connectivity index (χ3n) is 4.12. The lowest BCUT2D eigenvalue weighted by molar-refractivity contribution is 0.214. The quantitative estimate of drug-likeness (QED) is 0.396. The number of alkyl halides is 1. The lowest BCUT2D eigenvalue weighted by Gasteiger charge is -2.21. The maximum Gasteiger partial charge on any atom is 0.127 e. The number of para-hydroxylation sites is 1. The molecule has 2 rings (SSSR count). The third kappa shape index (κ3) is 6.18. The Morgan fingerprint density at radius 3 is 2.38 bits per heavy atom. The average molecular weight is 346 g/mol. The summed E-state index contributed by atoms with van der Waals surface area (Å²) in [4.78, 5) is 2.40. The minimum atomic E-state index is 0.673. The Hall–Kier alpha value is -1.51. The Labute approximate surface area is 151 Å². The van der Waals surface area contributed by atoms with Gasteiger partial charge in [0.2, 0.25) is 0 Å². The van der Waals surface area contributed by atoms with Gasteiger partial charge in [-0.05, 0) is 24.6 Å². The third-order valence-corrected chi connectivity index (χ3v) is 4.28. The van der Waals surface area contributed by atoms with Crippen LogP contribution in [0.15, 0.2) is 54.6 Å². The van der Waals surface area contributed by atoms with Crippen molar-refractivity contribution in [3.05, 3.63) is 54.6 Å². The van der Waals surface area contributed by atoms with E-state index in [0.29, 0.717) is 12.5 Å². The largest absolute Gasteiger partial charge is 0.492 e. The number of hydrogen-bond acceptors (Lipinski definition) is 2. The van der Waals surface area contributed by atoms with E-state index < -0.39 is 0 Å². The van der Waals surface area contributed by atoms with Crippen molar-refractivity contribution in [1.29, 1.82) is 0 Å². The number of hydrogen-bond donors (Lipinski definition) is 0. The van der Waals surface area contributed by atoms with Crippen LogP contribution in [0.25, 0.3) is 11.1 Å². The molecule has 0 saturated carbocycles. The van der Waals surface area contributed by atoms with Gasteiger partial charge < -0.3 is 4.74 Å². The lowest BCUT2D eigenvalue weighted by Crippen LogP contribution is -2.31. The first-order valence-corrected chi connectivity index (χ1v) is 9.44. The molecule has 0 aliphatic heterocycles. The van der Waals surface area contributed by atoms with Gasteiger partial charge in [-0.3, -0.25) is 4.90 Å². The highest BCUT2D eigenvalue weighted by molar-refractivity contribution is 6.18. The number of nitrogens with zero attached hydrogens (tertiary/aromatic N) is 1. The molecule has 0 aliphatic carbocycles. The van der Waals surface area contributed by atoms with E-state index >= 15 is 0 Å². The van der Waals surface area contributed by atoms with Crippen LogP contribution in [0.1, 0.15) is 26.2 Å². The van der Waals surface area contributed by atoms with Gasteiger partial charge in [-0.2, -0.15) is 0 Å². The molecule has 0 spiro atoms. The highest BCUT2D eigenvalue weighted by Crippen LogP contribution is 2.29. The van der Waals surface area contributed by atoms with E-state index in [1.165, 1.54) is 24.8 Å². The summed E-state index contributed by atoms with van der Waals surface area (Å²) in [6.07, 6.45) is 3.75. The highest BCUT2D eigenvalue weighted by Gasteiger charge is 2.07. The molecule has 2 aromatic rings. The zero-order valence-corrected chi connectivity index (χ0v) is 15.3. The van der Waals surface area contributed by atoms with Crippen molar-refractivity contribution in [2.45, 2.75) is 26.2 Å². The summed E-state index contributed by atoms with van der Waals surface area (Å²) >= 11 is 5.93. The van der Waals surface area contributed by atoms with Gasteiger partial charge in [-0.1, -0.05) is 68.3 Å². The van der Waals surface area contributed by atoms with Crippen molar-refractivity contribution in [2.75, 3.05) is 32.1 Å². The highest BCUT2D eigenvalue weighted by atomic mass is 35.5. The van der Waals surface area contributed by atoms with Crippen LogP contribution < -0.4 is 4.74 Å². The molecule has 130 valence electrons. The summed E-state index contributed by atoms with van der Waals surface area (Å²) in [6.45, 7) is 5.86. The van der Waals surface area contributed by atoms with Crippen molar-refractivity contribution < 1.29 is 4.74 Å². The predicted octanol–water partition coefficient (Wildman–Crippen LogP) is 5.46. The Bertz CT molecular complexity index is 573. The number of benzene rings is 2. The molecule has 0 fully saturated rings. The molecule has 0 bridgehead atoms. The van der Waals surface area contributed by atoms with Crippen LogP contribution in [-0.2, 0) is 0 Å². The van der Waals surface area contributed by atoms with E-state index in [9.17, 15) is 0 Å². The summed E-state index contributed by atoms with van der Waals surface area (Å²) in [6, 6.07) is 18.6. The minimum absolute atomic E-state index is 0.673. The maximum atomic E-state index is 6.09. The summed E-state index contributed by atoms with van der Waals surface area (Å²) in [5.41, 5.74) is 2.33. The second-order valence-corrected chi connectivity index (χ2v) is 6.33. The molecule has 3 heteroatoms. The van der Waals surface area contributed by atoms with Crippen LogP contribution in [0, 0.1) is 0 Å². The molecule has 0 heterocycles. The van der Waals surface area contributed by atoms with E-state index in [0.717, 1.165) is 30.9 Å². The zero-order chi connectivity index (χ0) is 17.0. The normalized spacial score (nSPS) is 11.0. The Morgan fingerprint density at radius 1 is 0.875 bits per heavy atom. The average Bonchev–Trinajstić information content (AvgIpc) is 2.63. The molecule has 0 aromatic heterocycles. The van der Waals surface area contributed by atoms with Crippen LogP contribution >= 0.6 is 11.6 Å².